The molecule has 1 aromatic heterocycles. The number of methoxy groups -OCH3 is 1. The fourth-order valence-electron chi connectivity index (χ4n) is 1.49. The molecule has 0 saturated heterocycles. The third-order valence-electron chi connectivity index (χ3n) is 2.46. The van der Waals surface area contributed by atoms with Gasteiger partial charge in [0.2, 0.25) is 17.7 Å². The van der Waals surface area contributed by atoms with Gasteiger partial charge in [0, 0.05) is 0 Å². The SMILES string of the molecule is CCc1ccc(Oc2cc(OC)nc(N)n2)cc1. The van der Waals surface area contributed by atoms with Crippen molar-refractivity contribution >= 4 is 5.95 Å². The second-order valence-electron chi connectivity index (χ2n) is 3.71. The number of nitrogens with zero attached hydrogens (tertiary/aromatic N) is 2. The number of aromatic nitrogens is 2. The lowest BCUT2D eigenvalue weighted by atomic mass is 10.2. The van der Waals surface area contributed by atoms with Crippen molar-refractivity contribution in [1.82, 2.24) is 9.97 Å². The zero-order valence-corrected chi connectivity index (χ0v) is 10.4. The normalized spacial score (nSPS) is 10.1. The van der Waals surface area contributed by atoms with E-state index in [-0.39, 0.29) is 5.95 Å². The highest BCUT2D eigenvalue weighted by molar-refractivity contribution is 5.34. The van der Waals surface area contributed by atoms with Gasteiger partial charge in [-0.2, -0.15) is 9.97 Å². The van der Waals surface area contributed by atoms with E-state index >= 15 is 0 Å². The summed E-state index contributed by atoms with van der Waals surface area (Å²) >= 11 is 0. The topological polar surface area (TPSA) is 70.3 Å². The Bertz CT molecular complexity index is 526. The average Bonchev–Trinajstić information content (AvgIpc) is 2.39. The Labute approximate surface area is 106 Å². The molecule has 0 aliphatic heterocycles. The summed E-state index contributed by atoms with van der Waals surface area (Å²) in [6, 6.07) is 9.39. The predicted octanol–water partition coefficient (Wildman–Crippen LogP) is 2.42. The van der Waals surface area contributed by atoms with Gasteiger partial charge in [-0.3, -0.25) is 0 Å². The third-order valence-corrected chi connectivity index (χ3v) is 2.46. The molecule has 0 saturated carbocycles. The highest BCUT2D eigenvalue weighted by atomic mass is 16.5. The quantitative estimate of drug-likeness (QED) is 0.895. The minimum atomic E-state index is 0.120. The number of aryl methyl sites for hydroxylation is 1. The molecule has 18 heavy (non-hydrogen) atoms. The van der Waals surface area contributed by atoms with Crippen LogP contribution in [0, 0.1) is 0 Å². The summed E-state index contributed by atoms with van der Waals surface area (Å²) in [5.41, 5.74) is 6.80. The number of ether oxygens (including phenoxy) is 2. The number of nitrogen functional groups attached to an aromatic ring is 1. The fourth-order valence-corrected chi connectivity index (χ4v) is 1.49. The Hall–Kier alpha value is -2.30. The van der Waals surface area contributed by atoms with E-state index in [0.717, 1.165) is 6.42 Å². The Morgan fingerprint density at radius 3 is 2.39 bits per heavy atom. The molecule has 0 aliphatic carbocycles. The molecule has 0 bridgehead atoms. The molecule has 94 valence electrons. The summed E-state index contributed by atoms with van der Waals surface area (Å²) in [7, 11) is 1.52. The van der Waals surface area contributed by atoms with Crippen LogP contribution in [0.1, 0.15) is 12.5 Å². The van der Waals surface area contributed by atoms with E-state index in [9.17, 15) is 0 Å². The van der Waals surface area contributed by atoms with Crippen LogP contribution < -0.4 is 15.2 Å². The molecule has 0 unspecified atom stereocenters. The van der Waals surface area contributed by atoms with E-state index in [2.05, 4.69) is 16.9 Å². The van der Waals surface area contributed by atoms with Crippen LogP contribution >= 0.6 is 0 Å². The second kappa shape index (κ2) is 5.35. The Kier molecular flexibility index (Phi) is 3.62. The Morgan fingerprint density at radius 1 is 1.11 bits per heavy atom. The second-order valence-corrected chi connectivity index (χ2v) is 3.71. The summed E-state index contributed by atoms with van der Waals surface area (Å²) in [6.45, 7) is 2.10. The van der Waals surface area contributed by atoms with Crippen molar-refractivity contribution in [1.29, 1.82) is 0 Å². The molecule has 0 amide bonds. The summed E-state index contributed by atoms with van der Waals surface area (Å²) in [5.74, 6) is 1.56. The molecule has 2 aromatic rings. The highest BCUT2D eigenvalue weighted by Gasteiger charge is 2.04. The van der Waals surface area contributed by atoms with Crippen molar-refractivity contribution in [3.05, 3.63) is 35.9 Å². The predicted molar refractivity (Wildman–Crippen MR) is 68.9 cm³/mol. The van der Waals surface area contributed by atoms with Gasteiger partial charge < -0.3 is 15.2 Å². The maximum absolute atomic E-state index is 5.59. The fraction of sp³-hybridized carbons (Fsp3) is 0.231. The minimum Gasteiger partial charge on any atom is -0.481 e. The van der Waals surface area contributed by atoms with Crippen LogP contribution in [0.2, 0.25) is 0 Å². The lowest BCUT2D eigenvalue weighted by molar-refractivity contribution is 0.389. The van der Waals surface area contributed by atoms with Gasteiger partial charge in [0.1, 0.15) is 5.75 Å². The van der Waals surface area contributed by atoms with Crippen molar-refractivity contribution in [2.75, 3.05) is 12.8 Å². The maximum Gasteiger partial charge on any atom is 0.227 e. The number of anilines is 1. The Morgan fingerprint density at radius 2 is 1.78 bits per heavy atom. The highest BCUT2D eigenvalue weighted by Crippen LogP contribution is 2.23. The van der Waals surface area contributed by atoms with Crippen LogP contribution in [0.3, 0.4) is 0 Å². The molecule has 2 rings (SSSR count). The summed E-state index contributed by atoms with van der Waals surface area (Å²) in [6.07, 6.45) is 0.995. The number of rotatable bonds is 4. The van der Waals surface area contributed by atoms with Crippen LogP contribution in [0.15, 0.2) is 30.3 Å². The van der Waals surface area contributed by atoms with Crippen LogP contribution in [-0.4, -0.2) is 17.1 Å². The standard InChI is InChI=1S/C13H15N3O2/c1-3-9-4-6-10(7-5-9)18-12-8-11(17-2)15-13(14)16-12/h4-8H,3H2,1-2H3,(H2,14,15,16). The molecule has 0 fully saturated rings. The van der Waals surface area contributed by atoms with Crippen molar-refractivity contribution in [3.8, 4) is 17.5 Å². The first-order valence-electron chi connectivity index (χ1n) is 5.66. The molecule has 1 aromatic carbocycles. The molecule has 5 nitrogen and oxygen atoms in total. The van der Waals surface area contributed by atoms with E-state index in [0.29, 0.717) is 17.5 Å². The van der Waals surface area contributed by atoms with Gasteiger partial charge in [-0.05, 0) is 24.1 Å². The van der Waals surface area contributed by atoms with Crippen molar-refractivity contribution in [3.63, 3.8) is 0 Å². The van der Waals surface area contributed by atoms with Crippen LogP contribution in [0.25, 0.3) is 0 Å². The average molecular weight is 245 g/mol. The molecule has 5 heteroatoms. The van der Waals surface area contributed by atoms with E-state index < -0.39 is 0 Å². The zero-order chi connectivity index (χ0) is 13.0. The minimum absolute atomic E-state index is 0.120. The molecule has 0 atom stereocenters. The van der Waals surface area contributed by atoms with Gasteiger partial charge >= 0.3 is 0 Å². The van der Waals surface area contributed by atoms with E-state index in [1.54, 1.807) is 6.07 Å². The van der Waals surface area contributed by atoms with Gasteiger partial charge in [-0.25, -0.2) is 0 Å². The van der Waals surface area contributed by atoms with E-state index in [4.69, 9.17) is 15.2 Å². The first-order valence-corrected chi connectivity index (χ1v) is 5.66. The largest absolute Gasteiger partial charge is 0.481 e. The number of hydrogen-bond donors (Lipinski definition) is 1. The van der Waals surface area contributed by atoms with Crippen LogP contribution in [-0.2, 0) is 6.42 Å². The molecular weight excluding hydrogens is 230 g/mol. The van der Waals surface area contributed by atoms with Gasteiger partial charge in [-0.1, -0.05) is 19.1 Å². The number of nitrogens with two attached hydrogens (primary N) is 1. The van der Waals surface area contributed by atoms with Gasteiger partial charge in [0.05, 0.1) is 13.2 Å². The van der Waals surface area contributed by atoms with Crippen LogP contribution in [0.4, 0.5) is 5.95 Å². The Balaban J connectivity index is 2.19. The molecule has 0 radical (unpaired) electrons. The lowest BCUT2D eigenvalue weighted by Crippen LogP contribution is -1.99. The first kappa shape index (κ1) is 12.2. The monoisotopic (exact) mass is 245 g/mol. The van der Waals surface area contributed by atoms with Crippen molar-refractivity contribution in [2.24, 2.45) is 0 Å². The van der Waals surface area contributed by atoms with Crippen molar-refractivity contribution < 1.29 is 9.47 Å². The smallest absolute Gasteiger partial charge is 0.227 e. The molecule has 1 heterocycles. The molecule has 0 spiro atoms. The first-order chi connectivity index (χ1) is 8.71. The summed E-state index contributed by atoms with van der Waals surface area (Å²) < 4.78 is 10.6. The maximum atomic E-state index is 5.59. The van der Waals surface area contributed by atoms with Crippen molar-refractivity contribution in [2.45, 2.75) is 13.3 Å². The van der Waals surface area contributed by atoms with E-state index in [1.807, 2.05) is 24.3 Å². The van der Waals surface area contributed by atoms with Crippen LogP contribution in [0.5, 0.6) is 17.5 Å². The molecule has 0 aliphatic rings. The van der Waals surface area contributed by atoms with Gasteiger partial charge in [0.15, 0.2) is 0 Å². The zero-order valence-electron chi connectivity index (χ0n) is 10.4. The summed E-state index contributed by atoms with van der Waals surface area (Å²) in [5, 5.41) is 0. The summed E-state index contributed by atoms with van der Waals surface area (Å²) in [4.78, 5) is 7.87. The molecule has 2 N–H and O–H groups in total. The van der Waals surface area contributed by atoms with Gasteiger partial charge in [0.25, 0.3) is 0 Å². The third kappa shape index (κ3) is 2.88. The van der Waals surface area contributed by atoms with Gasteiger partial charge in [-0.15, -0.1) is 0 Å². The molecular formula is C13H15N3O2. The number of benzene rings is 1. The van der Waals surface area contributed by atoms with E-state index in [1.165, 1.54) is 12.7 Å². The lowest BCUT2D eigenvalue weighted by Gasteiger charge is -2.07. The number of hydrogen-bond acceptors (Lipinski definition) is 5.